The summed E-state index contributed by atoms with van der Waals surface area (Å²) in [7, 11) is 0. The summed E-state index contributed by atoms with van der Waals surface area (Å²) in [5.74, 6) is 0.524. The smallest absolute Gasteiger partial charge is 0.0791 e. The van der Waals surface area contributed by atoms with Gasteiger partial charge in [-0.25, -0.2) is 0 Å². The van der Waals surface area contributed by atoms with Crippen LogP contribution in [0.5, 0.6) is 0 Å². The summed E-state index contributed by atoms with van der Waals surface area (Å²) < 4.78 is 5.47. The lowest BCUT2D eigenvalue weighted by molar-refractivity contribution is 0.0872. The molecule has 108 valence electrons. The van der Waals surface area contributed by atoms with Gasteiger partial charge in [0.05, 0.1) is 12.7 Å². The highest BCUT2D eigenvalue weighted by Crippen LogP contribution is 2.08. The maximum atomic E-state index is 10.0. The van der Waals surface area contributed by atoms with E-state index < -0.39 is 0 Å². The third-order valence-corrected chi connectivity index (χ3v) is 3.59. The number of nitrogens with one attached hydrogen (secondary N) is 1. The molecule has 2 N–H and O–H groups in total. The van der Waals surface area contributed by atoms with E-state index in [0.717, 1.165) is 32.8 Å². The Labute approximate surface area is 112 Å². The van der Waals surface area contributed by atoms with E-state index in [9.17, 15) is 5.11 Å². The van der Waals surface area contributed by atoms with Crippen LogP contribution in [0.25, 0.3) is 0 Å². The van der Waals surface area contributed by atoms with Gasteiger partial charge in [-0.2, -0.15) is 0 Å². The largest absolute Gasteiger partial charge is 0.390 e. The van der Waals surface area contributed by atoms with Crippen molar-refractivity contribution in [3.63, 3.8) is 0 Å². The first-order valence-corrected chi connectivity index (χ1v) is 7.35. The molecule has 1 fully saturated rings. The zero-order chi connectivity index (χ0) is 13.4. The van der Waals surface area contributed by atoms with Gasteiger partial charge in [0.2, 0.25) is 0 Å². The molecule has 1 aliphatic rings. The summed E-state index contributed by atoms with van der Waals surface area (Å²) in [5.41, 5.74) is 0. The SMILES string of the molecule is CCOCC(NCC(O)CN1CCCC1)C(C)C. The lowest BCUT2D eigenvalue weighted by Crippen LogP contribution is -2.44. The summed E-state index contributed by atoms with van der Waals surface area (Å²) in [6.07, 6.45) is 2.28. The van der Waals surface area contributed by atoms with Gasteiger partial charge in [-0.05, 0) is 38.8 Å². The fourth-order valence-electron chi connectivity index (χ4n) is 2.35. The van der Waals surface area contributed by atoms with E-state index in [1.54, 1.807) is 0 Å². The average molecular weight is 258 g/mol. The van der Waals surface area contributed by atoms with Crippen molar-refractivity contribution in [2.75, 3.05) is 39.4 Å². The Morgan fingerprint density at radius 2 is 1.94 bits per heavy atom. The van der Waals surface area contributed by atoms with Crippen molar-refractivity contribution in [1.29, 1.82) is 0 Å². The molecule has 18 heavy (non-hydrogen) atoms. The average Bonchev–Trinajstić information content (AvgIpc) is 2.81. The quantitative estimate of drug-likeness (QED) is 0.650. The van der Waals surface area contributed by atoms with Crippen molar-refractivity contribution in [3.05, 3.63) is 0 Å². The normalized spacial score (nSPS) is 20.5. The maximum Gasteiger partial charge on any atom is 0.0791 e. The van der Waals surface area contributed by atoms with Gasteiger partial charge >= 0.3 is 0 Å². The first-order chi connectivity index (χ1) is 8.63. The summed E-state index contributed by atoms with van der Waals surface area (Å²) in [6.45, 7) is 11.6. The van der Waals surface area contributed by atoms with Crippen LogP contribution < -0.4 is 5.32 Å². The molecule has 2 unspecified atom stereocenters. The van der Waals surface area contributed by atoms with Gasteiger partial charge in [0.1, 0.15) is 0 Å². The highest BCUT2D eigenvalue weighted by atomic mass is 16.5. The predicted octanol–water partition coefficient (Wildman–Crippen LogP) is 1.09. The topological polar surface area (TPSA) is 44.7 Å². The number of rotatable bonds is 9. The Hall–Kier alpha value is -0.160. The van der Waals surface area contributed by atoms with E-state index in [1.165, 1.54) is 12.8 Å². The van der Waals surface area contributed by atoms with Gasteiger partial charge in [-0.1, -0.05) is 13.8 Å². The molecule has 2 atom stereocenters. The standard InChI is InChI=1S/C14H30N2O2/c1-4-18-11-14(12(2)3)15-9-13(17)10-16-7-5-6-8-16/h12-15,17H,4-11H2,1-3H3. The molecule has 1 heterocycles. The predicted molar refractivity (Wildman–Crippen MR) is 74.8 cm³/mol. The molecule has 0 radical (unpaired) electrons. The summed E-state index contributed by atoms with van der Waals surface area (Å²) in [5, 5.41) is 13.4. The molecular weight excluding hydrogens is 228 g/mol. The lowest BCUT2D eigenvalue weighted by atomic mass is 10.1. The molecule has 0 aromatic heterocycles. The molecule has 0 amide bonds. The molecule has 0 spiro atoms. The number of aliphatic hydroxyl groups excluding tert-OH is 1. The molecule has 4 nitrogen and oxygen atoms in total. The van der Waals surface area contributed by atoms with Gasteiger partial charge in [-0.15, -0.1) is 0 Å². The number of nitrogens with zero attached hydrogens (tertiary/aromatic N) is 1. The Balaban J connectivity index is 2.18. The van der Waals surface area contributed by atoms with E-state index in [1.807, 2.05) is 6.92 Å². The van der Waals surface area contributed by atoms with Crippen LogP contribution >= 0.6 is 0 Å². The second-order valence-electron chi connectivity index (χ2n) is 5.58. The second-order valence-corrected chi connectivity index (χ2v) is 5.58. The number of aliphatic hydroxyl groups is 1. The van der Waals surface area contributed by atoms with Gasteiger partial charge in [0.25, 0.3) is 0 Å². The van der Waals surface area contributed by atoms with Crippen LogP contribution in [0.1, 0.15) is 33.6 Å². The minimum absolute atomic E-state index is 0.272. The number of β-amino-alcohol motifs (C(OH)–C–C–N with tert-alkyl or cyclic N) is 1. The van der Waals surface area contributed by atoms with Crippen LogP contribution in [0.3, 0.4) is 0 Å². The van der Waals surface area contributed by atoms with Crippen LogP contribution in [0.2, 0.25) is 0 Å². The summed E-state index contributed by atoms with van der Waals surface area (Å²) in [4.78, 5) is 2.35. The van der Waals surface area contributed by atoms with E-state index in [4.69, 9.17) is 4.74 Å². The van der Waals surface area contributed by atoms with Crippen molar-refractivity contribution in [1.82, 2.24) is 10.2 Å². The molecular formula is C14H30N2O2. The number of ether oxygens (including phenoxy) is 1. The summed E-state index contributed by atoms with van der Waals surface area (Å²) >= 11 is 0. The molecule has 4 heteroatoms. The van der Waals surface area contributed by atoms with Crippen LogP contribution in [0.4, 0.5) is 0 Å². The number of likely N-dealkylation sites (tertiary alicyclic amines) is 1. The fraction of sp³-hybridized carbons (Fsp3) is 1.00. The Bertz CT molecular complexity index is 206. The van der Waals surface area contributed by atoms with Crippen molar-refractivity contribution in [2.45, 2.75) is 45.8 Å². The van der Waals surface area contributed by atoms with E-state index >= 15 is 0 Å². The third-order valence-electron chi connectivity index (χ3n) is 3.59. The van der Waals surface area contributed by atoms with Gasteiger partial charge < -0.3 is 20.1 Å². The van der Waals surface area contributed by atoms with E-state index in [0.29, 0.717) is 18.5 Å². The molecule has 0 aliphatic carbocycles. The van der Waals surface area contributed by atoms with Crippen LogP contribution in [0.15, 0.2) is 0 Å². The van der Waals surface area contributed by atoms with Crippen LogP contribution in [0, 0.1) is 5.92 Å². The maximum absolute atomic E-state index is 10.0. The molecule has 0 bridgehead atoms. The first kappa shape index (κ1) is 15.9. The minimum Gasteiger partial charge on any atom is -0.390 e. The van der Waals surface area contributed by atoms with Gasteiger partial charge in [0.15, 0.2) is 0 Å². The zero-order valence-corrected chi connectivity index (χ0v) is 12.2. The molecule has 0 aromatic carbocycles. The first-order valence-electron chi connectivity index (χ1n) is 7.35. The molecule has 1 rings (SSSR count). The van der Waals surface area contributed by atoms with Crippen LogP contribution in [-0.4, -0.2) is 61.5 Å². The zero-order valence-electron chi connectivity index (χ0n) is 12.2. The summed E-state index contributed by atoms with van der Waals surface area (Å²) in [6, 6.07) is 0.332. The van der Waals surface area contributed by atoms with Crippen molar-refractivity contribution >= 4 is 0 Å². The monoisotopic (exact) mass is 258 g/mol. The Morgan fingerprint density at radius 1 is 1.28 bits per heavy atom. The van der Waals surface area contributed by atoms with Crippen LogP contribution in [-0.2, 0) is 4.74 Å². The highest BCUT2D eigenvalue weighted by molar-refractivity contribution is 4.75. The van der Waals surface area contributed by atoms with E-state index in [-0.39, 0.29) is 6.10 Å². The van der Waals surface area contributed by atoms with Crippen molar-refractivity contribution < 1.29 is 9.84 Å². The van der Waals surface area contributed by atoms with E-state index in [2.05, 4.69) is 24.1 Å². The third kappa shape index (κ3) is 6.14. The minimum atomic E-state index is -0.272. The molecule has 1 saturated heterocycles. The molecule has 0 saturated carbocycles. The lowest BCUT2D eigenvalue weighted by Gasteiger charge is -2.25. The number of hydrogen-bond donors (Lipinski definition) is 2. The fourth-order valence-corrected chi connectivity index (χ4v) is 2.35. The van der Waals surface area contributed by atoms with Gasteiger partial charge in [-0.3, -0.25) is 0 Å². The number of hydrogen-bond acceptors (Lipinski definition) is 4. The molecule has 1 aliphatic heterocycles. The Kier molecular flexibility index (Phi) is 7.82. The second kappa shape index (κ2) is 8.86. The molecule has 0 aromatic rings. The van der Waals surface area contributed by atoms with Crippen molar-refractivity contribution in [2.24, 2.45) is 5.92 Å². The Morgan fingerprint density at radius 3 is 2.50 bits per heavy atom. The van der Waals surface area contributed by atoms with Crippen molar-refractivity contribution in [3.8, 4) is 0 Å². The van der Waals surface area contributed by atoms with Gasteiger partial charge in [0, 0.05) is 25.7 Å². The highest BCUT2D eigenvalue weighted by Gasteiger charge is 2.18.